The zero-order valence-electron chi connectivity index (χ0n) is 10.7. The molecule has 0 atom stereocenters. The lowest BCUT2D eigenvalue weighted by Gasteiger charge is -2.08. The topological polar surface area (TPSA) is 53.1 Å². The molecule has 0 aliphatic heterocycles. The maximum atomic E-state index is 5.65. The molecule has 1 heterocycles. The molecule has 0 saturated heterocycles. The predicted molar refractivity (Wildman–Crippen MR) is 71.2 cm³/mol. The number of methoxy groups -OCH3 is 1. The number of benzene rings is 1. The molecule has 0 saturated carbocycles. The van der Waals surface area contributed by atoms with E-state index in [4.69, 9.17) is 10.5 Å². The van der Waals surface area contributed by atoms with Gasteiger partial charge < -0.3 is 15.0 Å². The molecule has 2 rings (SSSR count). The van der Waals surface area contributed by atoms with E-state index in [2.05, 4.69) is 21.7 Å². The monoisotopic (exact) mass is 245 g/mol. The fourth-order valence-corrected chi connectivity index (χ4v) is 1.96. The van der Waals surface area contributed by atoms with Crippen molar-refractivity contribution in [2.24, 2.45) is 5.73 Å². The number of hydrogen-bond donors (Lipinski definition) is 1. The van der Waals surface area contributed by atoms with Crippen LogP contribution in [0.2, 0.25) is 0 Å². The lowest BCUT2D eigenvalue weighted by molar-refractivity contribution is 0.199. The van der Waals surface area contributed by atoms with Gasteiger partial charge in [0.15, 0.2) is 0 Å². The summed E-state index contributed by atoms with van der Waals surface area (Å²) in [6.07, 6.45) is 4.66. The zero-order valence-corrected chi connectivity index (χ0v) is 10.7. The average molecular weight is 245 g/mol. The Bertz CT molecular complexity index is 493. The average Bonchev–Trinajstić information content (AvgIpc) is 2.84. The molecule has 0 bridgehead atoms. The molecule has 0 aliphatic carbocycles. The third-order valence-corrected chi connectivity index (χ3v) is 2.91. The zero-order chi connectivity index (χ0) is 12.8. The molecule has 0 spiro atoms. The van der Waals surface area contributed by atoms with Gasteiger partial charge in [0.1, 0.15) is 5.82 Å². The Hall–Kier alpha value is -1.65. The SMILES string of the molecule is COCCc1nccn1Cc1cccc(CN)c1. The Balaban J connectivity index is 2.10. The second-order valence-electron chi connectivity index (χ2n) is 4.24. The number of aromatic nitrogens is 2. The summed E-state index contributed by atoms with van der Waals surface area (Å²) in [5.74, 6) is 1.05. The fraction of sp³-hybridized carbons (Fsp3) is 0.357. The van der Waals surface area contributed by atoms with Crippen molar-refractivity contribution in [3.63, 3.8) is 0 Å². The van der Waals surface area contributed by atoms with Crippen molar-refractivity contribution in [3.05, 3.63) is 53.6 Å². The first-order valence-corrected chi connectivity index (χ1v) is 6.10. The van der Waals surface area contributed by atoms with Crippen LogP contribution >= 0.6 is 0 Å². The van der Waals surface area contributed by atoms with Crippen LogP contribution in [0.3, 0.4) is 0 Å². The van der Waals surface area contributed by atoms with E-state index in [0.29, 0.717) is 13.2 Å². The molecule has 0 amide bonds. The van der Waals surface area contributed by atoms with Crippen molar-refractivity contribution in [2.75, 3.05) is 13.7 Å². The largest absolute Gasteiger partial charge is 0.384 e. The van der Waals surface area contributed by atoms with Gasteiger partial charge >= 0.3 is 0 Å². The highest BCUT2D eigenvalue weighted by molar-refractivity contribution is 5.23. The van der Waals surface area contributed by atoms with Crippen molar-refractivity contribution in [1.29, 1.82) is 0 Å². The lowest BCUT2D eigenvalue weighted by atomic mass is 10.1. The highest BCUT2D eigenvalue weighted by Crippen LogP contribution is 2.09. The molecular formula is C14H19N3O. The maximum absolute atomic E-state index is 5.65. The molecular weight excluding hydrogens is 226 g/mol. The van der Waals surface area contributed by atoms with E-state index in [1.54, 1.807) is 7.11 Å². The van der Waals surface area contributed by atoms with Crippen LogP contribution in [0.25, 0.3) is 0 Å². The van der Waals surface area contributed by atoms with E-state index in [0.717, 1.165) is 24.4 Å². The highest BCUT2D eigenvalue weighted by atomic mass is 16.5. The summed E-state index contributed by atoms with van der Waals surface area (Å²) in [5.41, 5.74) is 8.06. The smallest absolute Gasteiger partial charge is 0.111 e. The third-order valence-electron chi connectivity index (χ3n) is 2.91. The van der Waals surface area contributed by atoms with E-state index in [9.17, 15) is 0 Å². The van der Waals surface area contributed by atoms with Gasteiger partial charge in [-0.3, -0.25) is 0 Å². The van der Waals surface area contributed by atoms with Crippen LogP contribution in [0.5, 0.6) is 0 Å². The maximum Gasteiger partial charge on any atom is 0.111 e. The van der Waals surface area contributed by atoms with Gasteiger partial charge in [0.25, 0.3) is 0 Å². The lowest BCUT2D eigenvalue weighted by Crippen LogP contribution is -2.07. The summed E-state index contributed by atoms with van der Waals surface area (Å²) in [7, 11) is 1.71. The van der Waals surface area contributed by atoms with Crippen molar-refractivity contribution >= 4 is 0 Å². The van der Waals surface area contributed by atoms with E-state index in [-0.39, 0.29) is 0 Å². The van der Waals surface area contributed by atoms with E-state index in [1.807, 2.05) is 24.5 Å². The Labute approximate surface area is 107 Å². The summed E-state index contributed by atoms with van der Waals surface area (Å²) in [4.78, 5) is 4.35. The van der Waals surface area contributed by atoms with Crippen LogP contribution in [0.4, 0.5) is 0 Å². The van der Waals surface area contributed by atoms with Gasteiger partial charge in [0.05, 0.1) is 6.61 Å². The summed E-state index contributed by atoms with van der Waals surface area (Å²) < 4.78 is 7.23. The van der Waals surface area contributed by atoms with Gasteiger partial charge in [-0.15, -0.1) is 0 Å². The molecule has 1 aromatic heterocycles. The molecule has 2 N–H and O–H groups in total. The van der Waals surface area contributed by atoms with E-state index >= 15 is 0 Å². The standard InChI is InChI=1S/C14H19N3O/c1-18-8-5-14-16-6-7-17(14)11-13-4-2-3-12(9-13)10-15/h2-4,6-7,9H,5,8,10-11,15H2,1H3. The Kier molecular flexibility index (Phi) is 4.50. The van der Waals surface area contributed by atoms with Crippen molar-refractivity contribution in [3.8, 4) is 0 Å². The van der Waals surface area contributed by atoms with Crippen LogP contribution in [0, 0.1) is 0 Å². The first kappa shape index (κ1) is 12.8. The van der Waals surface area contributed by atoms with E-state index in [1.165, 1.54) is 5.56 Å². The minimum atomic E-state index is 0.578. The molecule has 1 aromatic carbocycles. The second-order valence-corrected chi connectivity index (χ2v) is 4.24. The van der Waals surface area contributed by atoms with Gasteiger partial charge in [0, 0.05) is 39.0 Å². The second kappa shape index (κ2) is 6.33. The van der Waals surface area contributed by atoms with Gasteiger partial charge in [-0.2, -0.15) is 0 Å². The van der Waals surface area contributed by atoms with Crippen molar-refractivity contribution < 1.29 is 4.74 Å². The molecule has 0 aliphatic rings. The first-order chi connectivity index (χ1) is 8.83. The highest BCUT2D eigenvalue weighted by Gasteiger charge is 2.03. The number of rotatable bonds is 6. The van der Waals surface area contributed by atoms with Crippen LogP contribution in [-0.2, 0) is 24.2 Å². The molecule has 4 heteroatoms. The van der Waals surface area contributed by atoms with Crippen LogP contribution in [0.1, 0.15) is 17.0 Å². The normalized spacial score (nSPS) is 10.8. The van der Waals surface area contributed by atoms with Gasteiger partial charge in [-0.1, -0.05) is 24.3 Å². The minimum absolute atomic E-state index is 0.578. The Morgan fingerprint density at radius 3 is 2.94 bits per heavy atom. The molecule has 0 radical (unpaired) electrons. The number of hydrogen-bond acceptors (Lipinski definition) is 3. The fourth-order valence-electron chi connectivity index (χ4n) is 1.96. The Morgan fingerprint density at radius 2 is 2.17 bits per heavy atom. The third kappa shape index (κ3) is 3.18. The summed E-state index contributed by atoms with van der Waals surface area (Å²) in [6.45, 7) is 2.10. The van der Waals surface area contributed by atoms with Crippen LogP contribution in [-0.4, -0.2) is 23.3 Å². The number of ether oxygens (including phenoxy) is 1. The summed E-state index contributed by atoms with van der Waals surface area (Å²) in [6, 6.07) is 8.34. The molecule has 96 valence electrons. The number of nitrogens with two attached hydrogens (primary N) is 1. The Morgan fingerprint density at radius 1 is 1.33 bits per heavy atom. The summed E-state index contributed by atoms with van der Waals surface area (Å²) >= 11 is 0. The minimum Gasteiger partial charge on any atom is -0.384 e. The summed E-state index contributed by atoms with van der Waals surface area (Å²) in [5, 5.41) is 0. The molecule has 4 nitrogen and oxygen atoms in total. The molecule has 0 fully saturated rings. The van der Waals surface area contributed by atoms with Gasteiger partial charge in [0.2, 0.25) is 0 Å². The molecule has 2 aromatic rings. The van der Waals surface area contributed by atoms with Crippen molar-refractivity contribution in [2.45, 2.75) is 19.5 Å². The quantitative estimate of drug-likeness (QED) is 0.840. The predicted octanol–water partition coefficient (Wildman–Crippen LogP) is 1.58. The van der Waals surface area contributed by atoms with E-state index < -0.39 is 0 Å². The van der Waals surface area contributed by atoms with Crippen LogP contribution in [0.15, 0.2) is 36.7 Å². The first-order valence-electron chi connectivity index (χ1n) is 6.10. The van der Waals surface area contributed by atoms with Crippen molar-refractivity contribution in [1.82, 2.24) is 9.55 Å². The number of nitrogens with zero attached hydrogens (tertiary/aromatic N) is 2. The molecule has 18 heavy (non-hydrogen) atoms. The molecule has 0 unspecified atom stereocenters. The van der Waals surface area contributed by atoms with Gasteiger partial charge in [-0.05, 0) is 11.1 Å². The van der Waals surface area contributed by atoms with Gasteiger partial charge in [-0.25, -0.2) is 4.98 Å². The van der Waals surface area contributed by atoms with Crippen LogP contribution < -0.4 is 5.73 Å². The number of imidazole rings is 1.